The first-order valence-electron chi connectivity index (χ1n) is 8.41. The number of rotatable bonds is 6. The summed E-state index contributed by atoms with van der Waals surface area (Å²) >= 11 is 0. The predicted molar refractivity (Wildman–Crippen MR) is 93.1 cm³/mol. The fraction of sp³-hybridized carbons (Fsp3) is 0.353. The van der Waals surface area contributed by atoms with E-state index in [0.717, 1.165) is 12.1 Å². The molecule has 0 fully saturated rings. The molecule has 174 valence electrons. The molecule has 1 heterocycles. The first kappa shape index (κ1) is 24.8. The minimum Gasteiger partial charge on any atom is -0.353 e. The summed E-state index contributed by atoms with van der Waals surface area (Å²) in [5.74, 6) is -1.40. The average molecular weight is 473 g/mol. The first-order chi connectivity index (χ1) is 14.6. The lowest BCUT2D eigenvalue weighted by Crippen LogP contribution is -2.40. The van der Waals surface area contributed by atoms with Crippen molar-refractivity contribution in [1.82, 2.24) is 10.4 Å². The molecule has 2 N–H and O–H groups in total. The highest BCUT2D eigenvalue weighted by Crippen LogP contribution is 2.38. The van der Waals surface area contributed by atoms with Gasteiger partial charge in [-0.05, 0) is 24.3 Å². The Balaban J connectivity index is 2.54. The standard InChI is InChI=1S/C17H12F9N5O/c18-15(19,20)7-31(8-16(21,22)23)9-1-2-12-10(5-9)11(17(24,25)26)6-13(28-12)29-30-14(32)3-4-27/h1-2,5-6H,3,7-8H2,(H,28,29)(H,30,32). The Hall–Kier alpha value is -3.44. The molecule has 0 aliphatic carbocycles. The molecule has 0 atom stereocenters. The van der Waals surface area contributed by atoms with Crippen molar-refractivity contribution in [2.75, 3.05) is 23.4 Å². The molecule has 15 heteroatoms. The molecule has 0 aliphatic heterocycles. The van der Waals surface area contributed by atoms with E-state index in [1.807, 2.05) is 5.43 Å². The van der Waals surface area contributed by atoms with Gasteiger partial charge in [-0.25, -0.2) is 4.98 Å². The van der Waals surface area contributed by atoms with Crippen LogP contribution in [0.1, 0.15) is 12.0 Å². The van der Waals surface area contributed by atoms with Crippen LogP contribution in [-0.4, -0.2) is 36.3 Å². The minimum absolute atomic E-state index is 0.145. The summed E-state index contributed by atoms with van der Waals surface area (Å²) < 4.78 is 117. The van der Waals surface area contributed by atoms with Crippen LogP contribution in [0.4, 0.5) is 51.0 Å². The van der Waals surface area contributed by atoms with Gasteiger partial charge < -0.3 is 4.90 Å². The molecule has 32 heavy (non-hydrogen) atoms. The van der Waals surface area contributed by atoms with Gasteiger partial charge in [0, 0.05) is 11.1 Å². The summed E-state index contributed by atoms with van der Waals surface area (Å²) in [5.41, 5.74) is 1.41. The van der Waals surface area contributed by atoms with Crippen LogP contribution in [0.25, 0.3) is 10.9 Å². The largest absolute Gasteiger partial charge is 0.417 e. The van der Waals surface area contributed by atoms with Gasteiger partial charge in [-0.2, -0.15) is 44.8 Å². The Morgan fingerprint density at radius 2 is 1.59 bits per heavy atom. The lowest BCUT2D eigenvalue weighted by molar-refractivity contribution is -0.138. The van der Waals surface area contributed by atoms with Crippen LogP contribution < -0.4 is 15.8 Å². The number of amides is 1. The van der Waals surface area contributed by atoms with Gasteiger partial charge >= 0.3 is 18.5 Å². The van der Waals surface area contributed by atoms with E-state index >= 15 is 0 Å². The number of hydrogen-bond donors (Lipinski definition) is 2. The monoisotopic (exact) mass is 473 g/mol. The van der Waals surface area contributed by atoms with Crippen molar-refractivity contribution >= 4 is 28.3 Å². The molecule has 1 amide bonds. The van der Waals surface area contributed by atoms with Gasteiger partial charge in [-0.3, -0.25) is 15.6 Å². The zero-order chi connectivity index (χ0) is 24.3. The number of hydrazine groups is 1. The van der Waals surface area contributed by atoms with Gasteiger partial charge in [0.1, 0.15) is 25.3 Å². The number of nitrogens with zero attached hydrogens (tertiary/aromatic N) is 3. The molecule has 2 aromatic rings. The summed E-state index contributed by atoms with van der Waals surface area (Å²) in [4.78, 5) is 14.9. The van der Waals surface area contributed by atoms with E-state index in [4.69, 9.17) is 5.26 Å². The molecular weight excluding hydrogens is 461 g/mol. The molecule has 0 saturated carbocycles. The van der Waals surface area contributed by atoms with E-state index < -0.39 is 71.9 Å². The topological polar surface area (TPSA) is 81.0 Å². The lowest BCUT2D eigenvalue weighted by Gasteiger charge is -2.27. The van der Waals surface area contributed by atoms with Crippen molar-refractivity contribution in [3.8, 4) is 6.07 Å². The van der Waals surface area contributed by atoms with Crippen LogP contribution in [0.15, 0.2) is 24.3 Å². The van der Waals surface area contributed by atoms with Gasteiger partial charge in [0.05, 0.1) is 17.1 Å². The van der Waals surface area contributed by atoms with E-state index in [2.05, 4.69) is 10.4 Å². The number of pyridine rings is 1. The van der Waals surface area contributed by atoms with Crippen LogP contribution in [0.3, 0.4) is 0 Å². The smallest absolute Gasteiger partial charge is 0.353 e. The van der Waals surface area contributed by atoms with Crippen molar-refractivity contribution in [3.05, 3.63) is 29.8 Å². The third kappa shape index (κ3) is 7.06. The lowest BCUT2D eigenvalue weighted by atomic mass is 10.1. The summed E-state index contributed by atoms with van der Waals surface area (Å²) in [5, 5.41) is 7.64. The highest BCUT2D eigenvalue weighted by atomic mass is 19.4. The van der Waals surface area contributed by atoms with Crippen LogP contribution in [-0.2, 0) is 11.0 Å². The average Bonchev–Trinajstić information content (AvgIpc) is 2.62. The highest BCUT2D eigenvalue weighted by molar-refractivity contribution is 5.88. The third-order valence-corrected chi connectivity index (χ3v) is 3.77. The second-order valence-corrected chi connectivity index (χ2v) is 6.35. The third-order valence-electron chi connectivity index (χ3n) is 3.77. The fourth-order valence-electron chi connectivity index (χ4n) is 2.63. The van der Waals surface area contributed by atoms with Crippen LogP contribution in [0.2, 0.25) is 0 Å². The number of benzene rings is 1. The molecular formula is C17H12F9N5O. The molecule has 0 spiro atoms. The van der Waals surface area contributed by atoms with Crippen molar-refractivity contribution in [2.45, 2.75) is 24.9 Å². The molecule has 2 rings (SSSR count). The normalized spacial score (nSPS) is 12.4. The maximum absolute atomic E-state index is 13.5. The quantitative estimate of drug-likeness (QED) is 0.476. The molecule has 6 nitrogen and oxygen atoms in total. The van der Waals surface area contributed by atoms with E-state index in [9.17, 15) is 44.3 Å². The number of halogens is 9. The maximum atomic E-state index is 13.5. The van der Waals surface area contributed by atoms with Crippen molar-refractivity contribution in [1.29, 1.82) is 5.26 Å². The van der Waals surface area contributed by atoms with Gasteiger partial charge in [0.25, 0.3) is 5.91 Å². The Morgan fingerprint density at radius 3 is 2.09 bits per heavy atom. The van der Waals surface area contributed by atoms with E-state index in [1.165, 1.54) is 6.07 Å². The van der Waals surface area contributed by atoms with Crippen molar-refractivity contribution in [2.24, 2.45) is 0 Å². The Morgan fingerprint density at radius 1 is 1.00 bits per heavy atom. The van der Waals surface area contributed by atoms with Crippen LogP contribution in [0.5, 0.6) is 0 Å². The van der Waals surface area contributed by atoms with Crippen LogP contribution in [0, 0.1) is 11.3 Å². The van der Waals surface area contributed by atoms with E-state index in [1.54, 1.807) is 0 Å². The molecule has 1 aromatic carbocycles. The second kappa shape index (κ2) is 8.97. The SMILES string of the molecule is N#CCC(=O)NNc1cc(C(F)(F)F)c2cc(N(CC(F)(F)F)CC(F)(F)F)ccc2n1. The van der Waals surface area contributed by atoms with Gasteiger partial charge in [-0.1, -0.05) is 0 Å². The number of nitriles is 1. The zero-order valence-electron chi connectivity index (χ0n) is 15.6. The summed E-state index contributed by atoms with van der Waals surface area (Å²) in [7, 11) is 0. The highest BCUT2D eigenvalue weighted by Gasteiger charge is 2.38. The molecule has 0 saturated heterocycles. The number of nitrogens with one attached hydrogen (secondary N) is 2. The summed E-state index contributed by atoms with van der Waals surface area (Å²) in [6.07, 6.45) is -15.8. The number of carbonyl (C=O) groups is 1. The number of hydrogen-bond acceptors (Lipinski definition) is 5. The molecule has 0 radical (unpaired) electrons. The van der Waals surface area contributed by atoms with Gasteiger partial charge in [-0.15, -0.1) is 0 Å². The van der Waals surface area contributed by atoms with Gasteiger partial charge in [0.15, 0.2) is 0 Å². The van der Waals surface area contributed by atoms with E-state index in [0.29, 0.717) is 12.1 Å². The minimum atomic E-state index is -5.06. The maximum Gasteiger partial charge on any atom is 0.417 e. The predicted octanol–water partition coefficient (Wildman–Crippen LogP) is 4.54. The van der Waals surface area contributed by atoms with E-state index in [-0.39, 0.29) is 4.90 Å². The number of alkyl halides is 9. The van der Waals surface area contributed by atoms with Gasteiger partial charge in [0.2, 0.25) is 0 Å². The molecule has 0 bridgehead atoms. The molecule has 0 unspecified atom stereocenters. The molecule has 0 aliphatic rings. The number of fused-ring (bicyclic) bond motifs is 1. The Bertz CT molecular complexity index is 1010. The second-order valence-electron chi connectivity index (χ2n) is 6.35. The summed E-state index contributed by atoms with van der Waals surface area (Å²) in [6, 6.07) is 4.03. The Kier molecular flexibility index (Phi) is 6.96. The fourth-order valence-corrected chi connectivity index (χ4v) is 2.63. The number of carbonyl (C=O) groups excluding carboxylic acids is 1. The zero-order valence-corrected chi connectivity index (χ0v) is 15.6. The van der Waals surface area contributed by atoms with Crippen molar-refractivity contribution in [3.63, 3.8) is 0 Å². The van der Waals surface area contributed by atoms with Crippen LogP contribution >= 0.6 is 0 Å². The first-order valence-corrected chi connectivity index (χ1v) is 8.41. The number of aromatic nitrogens is 1. The number of anilines is 2. The summed E-state index contributed by atoms with van der Waals surface area (Å²) in [6.45, 7) is -4.09. The molecule has 1 aromatic heterocycles. The van der Waals surface area contributed by atoms with Crippen molar-refractivity contribution < 1.29 is 44.3 Å². The Labute approximate surface area is 173 Å².